The Bertz CT molecular complexity index is 1280. The molecule has 13 heteroatoms. The fourth-order valence-electron chi connectivity index (χ4n) is 4.27. The lowest BCUT2D eigenvalue weighted by Crippen LogP contribution is -2.32. The zero-order chi connectivity index (χ0) is 24.3. The summed E-state index contributed by atoms with van der Waals surface area (Å²) in [5.74, 6) is 1.07. The van der Waals surface area contributed by atoms with Gasteiger partial charge in [-0.15, -0.1) is 0 Å². The number of sulfone groups is 1. The summed E-state index contributed by atoms with van der Waals surface area (Å²) >= 11 is 0. The van der Waals surface area contributed by atoms with E-state index in [0.29, 0.717) is 41.3 Å². The van der Waals surface area contributed by atoms with E-state index in [4.69, 9.17) is 9.26 Å². The number of aliphatic hydroxyl groups excluding tert-OH is 2. The fourth-order valence-corrected chi connectivity index (χ4v) is 5.76. The minimum absolute atomic E-state index is 0.0465. The van der Waals surface area contributed by atoms with E-state index < -0.39 is 34.4 Å². The molecule has 34 heavy (non-hydrogen) atoms. The lowest BCUT2D eigenvalue weighted by Gasteiger charge is -2.23. The van der Waals surface area contributed by atoms with Gasteiger partial charge in [0.05, 0.1) is 23.5 Å². The highest BCUT2D eigenvalue weighted by Gasteiger charge is 2.47. The number of aliphatic hydroxyl groups is 2. The van der Waals surface area contributed by atoms with Crippen LogP contribution in [0, 0.1) is 0 Å². The Balaban J connectivity index is 1.39. The normalized spacial score (nSPS) is 27.9. The molecule has 12 nitrogen and oxygen atoms in total. The predicted molar refractivity (Wildman–Crippen MR) is 121 cm³/mol. The van der Waals surface area contributed by atoms with Crippen molar-refractivity contribution in [1.82, 2.24) is 24.7 Å². The second-order valence-electron chi connectivity index (χ2n) is 9.91. The Kier molecular flexibility index (Phi) is 5.62. The van der Waals surface area contributed by atoms with Crippen molar-refractivity contribution in [3.05, 3.63) is 30.2 Å². The molecule has 3 aromatic rings. The number of rotatable bonds is 4. The molecule has 3 aromatic heterocycles. The zero-order valence-electron chi connectivity index (χ0n) is 19.1. The van der Waals surface area contributed by atoms with Crippen LogP contribution in [0.15, 0.2) is 23.2 Å². The molecule has 0 aromatic carbocycles. The lowest BCUT2D eigenvalue weighted by molar-refractivity contribution is -0.0434. The Morgan fingerprint density at radius 2 is 1.85 bits per heavy atom. The SMILES string of the molecule is CC(C)(C)c1cc([C@H]2O[C@@H](n3cnc4c(NC5CCS(=O)(=O)CC5)ncnc43)[C@H](O)[C@@H]2O)on1. The molecule has 4 atom stereocenters. The molecule has 0 aliphatic carbocycles. The standard InChI is InChI=1S/C21H28N6O6S/c1-21(2,3)13-8-12(33-26-13)17-15(28)16(29)20(32-17)27-10-24-14-18(22-9-23-19(14)27)25-11-4-6-34(30,31)7-5-11/h8-11,15-17,20,28-29H,4-7H2,1-3H3,(H,22,23,25)/t15-,16+,17+,20+/m0/s1. The maximum Gasteiger partial charge on any atom is 0.168 e. The highest BCUT2D eigenvalue weighted by Crippen LogP contribution is 2.41. The molecule has 3 N–H and O–H groups in total. The molecular formula is C21H28N6O6S. The van der Waals surface area contributed by atoms with E-state index in [2.05, 4.69) is 25.4 Å². The number of nitrogens with one attached hydrogen (secondary N) is 1. The molecule has 5 heterocycles. The van der Waals surface area contributed by atoms with Crippen LogP contribution in [0.1, 0.15) is 57.4 Å². The van der Waals surface area contributed by atoms with Crippen molar-refractivity contribution in [3.8, 4) is 0 Å². The van der Waals surface area contributed by atoms with Gasteiger partial charge in [-0.25, -0.2) is 23.4 Å². The summed E-state index contributed by atoms with van der Waals surface area (Å²) in [5.41, 5.74) is 1.33. The second kappa shape index (κ2) is 8.26. The molecule has 184 valence electrons. The summed E-state index contributed by atoms with van der Waals surface area (Å²) in [7, 11) is -2.98. The van der Waals surface area contributed by atoms with Crippen LogP contribution in [0.3, 0.4) is 0 Å². The molecule has 0 bridgehead atoms. The smallest absolute Gasteiger partial charge is 0.168 e. The number of aromatic nitrogens is 5. The highest BCUT2D eigenvalue weighted by molar-refractivity contribution is 7.91. The number of hydrogen-bond donors (Lipinski definition) is 3. The summed E-state index contributed by atoms with van der Waals surface area (Å²) in [5, 5.41) is 28.8. The lowest BCUT2D eigenvalue weighted by atomic mass is 9.92. The average molecular weight is 493 g/mol. The Morgan fingerprint density at radius 1 is 1.12 bits per heavy atom. The molecule has 2 saturated heterocycles. The van der Waals surface area contributed by atoms with Crippen LogP contribution in [0.4, 0.5) is 5.82 Å². The molecule has 0 saturated carbocycles. The number of anilines is 1. The Morgan fingerprint density at radius 3 is 2.53 bits per heavy atom. The third kappa shape index (κ3) is 4.17. The molecule has 0 spiro atoms. The first-order chi connectivity index (χ1) is 16.0. The van der Waals surface area contributed by atoms with E-state index >= 15 is 0 Å². The minimum Gasteiger partial charge on any atom is -0.387 e. The van der Waals surface area contributed by atoms with Crippen molar-refractivity contribution in [2.45, 2.75) is 69.6 Å². The molecule has 0 amide bonds. The molecule has 5 rings (SSSR count). The monoisotopic (exact) mass is 492 g/mol. The summed E-state index contributed by atoms with van der Waals surface area (Å²) in [4.78, 5) is 13.0. The summed E-state index contributed by atoms with van der Waals surface area (Å²) in [6.07, 6.45) is -0.571. The third-order valence-corrected chi connectivity index (χ3v) is 8.06. The number of nitrogens with zero attached hydrogens (tertiary/aromatic N) is 5. The summed E-state index contributed by atoms with van der Waals surface area (Å²) < 4.78 is 36.4. The topological polar surface area (TPSA) is 165 Å². The first-order valence-electron chi connectivity index (χ1n) is 11.2. The van der Waals surface area contributed by atoms with Crippen LogP contribution in [0.5, 0.6) is 0 Å². The van der Waals surface area contributed by atoms with E-state index in [9.17, 15) is 18.6 Å². The molecule has 2 aliphatic rings. The van der Waals surface area contributed by atoms with Crippen LogP contribution >= 0.6 is 0 Å². The van der Waals surface area contributed by atoms with E-state index in [1.807, 2.05) is 20.8 Å². The van der Waals surface area contributed by atoms with Crippen molar-refractivity contribution in [2.75, 3.05) is 16.8 Å². The van der Waals surface area contributed by atoms with E-state index in [1.54, 1.807) is 10.6 Å². The van der Waals surface area contributed by atoms with Gasteiger partial charge in [0.2, 0.25) is 0 Å². The molecule has 0 radical (unpaired) electrons. The maximum atomic E-state index is 11.7. The van der Waals surface area contributed by atoms with Crippen LogP contribution in [0.2, 0.25) is 0 Å². The number of hydrogen-bond acceptors (Lipinski definition) is 11. The van der Waals surface area contributed by atoms with Gasteiger partial charge < -0.3 is 24.8 Å². The van der Waals surface area contributed by atoms with Gasteiger partial charge in [0.25, 0.3) is 0 Å². The van der Waals surface area contributed by atoms with E-state index in [0.717, 1.165) is 0 Å². The Hall–Kier alpha value is -2.61. The van der Waals surface area contributed by atoms with Crippen LogP contribution < -0.4 is 5.32 Å². The molecule has 2 fully saturated rings. The van der Waals surface area contributed by atoms with Gasteiger partial charge in [0, 0.05) is 17.5 Å². The molecule has 0 unspecified atom stereocenters. The molecule has 2 aliphatic heterocycles. The third-order valence-electron chi connectivity index (χ3n) is 6.34. The zero-order valence-corrected chi connectivity index (χ0v) is 19.9. The van der Waals surface area contributed by atoms with E-state index in [-0.39, 0.29) is 23.0 Å². The number of ether oxygens (including phenoxy) is 1. The maximum absolute atomic E-state index is 11.7. The number of fused-ring (bicyclic) bond motifs is 1. The molecular weight excluding hydrogens is 464 g/mol. The quantitative estimate of drug-likeness (QED) is 0.477. The van der Waals surface area contributed by atoms with Gasteiger partial charge in [-0.3, -0.25) is 4.57 Å². The average Bonchev–Trinajstić information content (AvgIpc) is 3.49. The largest absolute Gasteiger partial charge is 0.387 e. The van der Waals surface area contributed by atoms with Crippen LogP contribution in [-0.4, -0.2) is 73.1 Å². The van der Waals surface area contributed by atoms with Crippen molar-refractivity contribution >= 4 is 26.8 Å². The predicted octanol–water partition coefficient (Wildman–Crippen LogP) is 1.09. The van der Waals surface area contributed by atoms with Gasteiger partial charge in [-0.2, -0.15) is 0 Å². The minimum atomic E-state index is -2.98. The Labute approximate surface area is 196 Å². The van der Waals surface area contributed by atoms with Crippen molar-refractivity contribution in [1.29, 1.82) is 0 Å². The highest BCUT2D eigenvalue weighted by atomic mass is 32.2. The summed E-state index contributed by atoms with van der Waals surface area (Å²) in [6, 6.07) is 1.68. The van der Waals surface area contributed by atoms with Crippen LogP contribution in [-0.2, 0) is 20.0 Å². The first kappa shape index (κ1) is 23.1. The second-order valence-corrected chi connectivity index (χ2v) is 12.2. The fraction of sp³-hybridized carbons (Fsp3) is 0.619. The first-order valence-corrected chi connectivity index (χ1v) is 13.0. The van der Waals surface area contributed by atoms with Crippen molar-refractivity contribution < 1.29 is 27.9 Å². The van der Waals surface area contributed by atoms with Crippen molar-refractivity contribution in [2.24, 2.45) is 0 Å². The number of imidazole rings is 1. The van der Waals surface area contributed by atoms with Gasteiger partial charge in [0.1, 0.15) is 34.5 Å². The van der Waals surface area contributed by atoms with Crippen molar-refractivity contribution in [3.63, 3.8) is 0 Å². The summed E-state index contributed by atoms with van der Waals surface area (Å²) in [6.45, 7) is 5.98. The van der Waals surface area contributed by atoms with Gasteiger partial charge >= 0.3 is 0 Å². The van der Waals surface area contributed by atoms with Gasteiger partial charge in [0.15, 0.2) is 29.0 Å². The van der Waals surface area contributed by atoms with Crippen LogP contribution in [0.25, 0.3) is 11.2 Å². The van der Waals surface area contributed by atoms with Gasteiger partial charge in [-0.05, 0) is 12.8 Å². The van der Waals surface area contributed by atoms with Gasteiger partial charge in [-0.1, -0.05) is 25.9 Å². The van der Waals surface area contributed by atoms with E-state index in [1.165, 1.54) is 12.7 Å².